The standard InChI is InChI=1S/C26H29N3O3/c1-19-8-11-21(17-23(19)27-25(30)24-7-6-16-32-24)26(31)28(2)18-20-9-12-22(13-10-20)29-14-4-3-5-15-29/h6-13,16-17H,3-5,14-15,18H2,1-2H3,(H,27,30). The van der Waals surface area contributed by atoms with Gasteiger partial charge in [0.15, 0.2) is 5.76 Å². The summed E-state index contributed by atoms with van der Waals surface area (Å²) in [6.07, 6.45) is 5.27. The third-order valence-electron chi connectivity index (χ3n) is 5.90. The zero-order valence-corrected chi connectivity index (χ0v) is 18.6. The number of anilines is 2. The molecule has 2 heterocycles. The molecule has 0 unspecified atom stereocenters. The summed E-state index contributed by atoms with van der Waals surface area (Å²) in [6, 6.07) is 17.1. The summed E-state index contributed by atoms with van der Waals surface area (Å²) >= 11 is 0. The van der Waals surface area contributed by atoms with Gasteiger partial charge in [0.25, 0.3) is 11.8 Å². The molecule has 3 aromatic rings. The molecule has 4 rings (SSSR count). The molecule has 6 nitrogen and oxygen atoms in total. The van der Waals surface area contributed by atoms with Gasteiger partial charge in [0.1, 0.15) is 0 Å². The van der Waals surface area contributed by atoms with E-state index in [1.807, 2.05) is 13.0 Å². The number of rotatable bonds is 6. The molecule has 2 aromatic carbocycles. The number of amides is 2. The van der Waals surface area contributed by atoms with Crippen LogP contribution in [0.4, 0.5) is 11.4 Å². The van der Waals surface area contributed by atoms with Gasteiger partial charge < -0.3 is 19.5 Å². The minimum absolute atomic E-state index is 0.0985. The first-order chi connectivity index (χ1) is 15.5. The third kappa shape index (κ3) is 5.02. The Bertz CT molecular complexity index is 1070. The fourth-order valence-corrected chi connectivity index (χ4v) is 4.01. The van der Waals surface area contributed by atoms with E-state index < -0.39 is 0 Å². The molecule has 1 N–H and O–H groups in total. The van der Waals surface area contributed by atoms with Gasteiger partial charge in [-0.15, -0.1) is 0 Å². The number of nitrogens with one attached hydrogen (secondary N) is 1. The summed E-state index contributed by atoms with van der Waals surface area (Å²) in [5.74, 6) is -0.213. The molecule has 1 saturated heterocycles. The predicted octanol–water partition coefficient (Wildman–Crippen LogP) is 5.10. The van der Waals surface area contributed by atoms with Crippen molar-refractivity contribution < 1.29 is 14.0 Å². The number of piperidine rings is 1. The Kier molecular flexibility index (Phi) is 6.59. The molecule has 0 radical (unpaired) electrons. The molecule has 6 heteroatoms. The summed E-state index contributed by atoms with van der Waals surface area (Å²) in [7, 11) is 1.79. The maximum Gasteiger partial charge on any atom is 0.291 e. The molecule has 1 aliphatic rings. The molecule has 0 bridgehead atoms. The highest BCUT2D eigenvalue weighted by atomic mass is 16.3. The van der Waals surface area contributed by atoms with Crippen LogP contribution in [0.5, 0.6) is 0 Å². The van der Waals surface area contributed by atoms with Crippen molar-refractivity contribution in [1.82, 2.24) is 4.90 Å². The van der Waals surface area contributed by atoms with E-state index in [1.165, 1.54) is 31.2 Å². The molecular weight excluding hydrogens is 402 g/mol. The Labute approximate surface area is 188 Å². The highest BCUT2D eigenvalue weighted by molar-refractivity contribution is 6.03. The lowest BCUT2D eigenvalue weighted by atomic mass is 10.1. The van der Waals surface area contributed by atoms with Crippen molar-refractivity contribution in [2.45, 2.75) is 32.7 Å². The van der Waals surface area contributed by atoms with Crippen molar-refractivity contribution in [3.05, 3.63) is 83.3 Å². The van der Waals surface area contributed by atoms with Crippen LogP contribution >= 0.6 is 0 Å². The predicted molar refractivity (Wildman–Crippen MR) is 126 cm³/mol. The van der Waals surface area contributed by atoms with E-state index in [4.69, 9.17) is 4.42 Å². The number of benzene rings is 2. The topological polar surface area (TPSA) is 65.8 Å². The van der Waals surface area contributed by atoms with Crippen molar-refractivity contribution >= 4 is 23.2 Å². The summed E-state index contributed by atoms with van der Waals surface area (Å²) < 4.78 is 5.15. The van der Waals surface area contributed by atoms with Gasteiger partial charge in [-0.2, -0.15) is 0 Å². The first kappa shape index (κ1) is 21.7. The fourth-order valence-electron chi connectivity index (χ4n) is 4.01. The van der Waals surface area contributed by atoms with Crippen LogP contribution in [0.2, 0.25) is 0 Å². The Morgan fingerprint density at radius 3 is 2.47 bits per heavy atom. The molecule has 2 amide bonds. The lowest BCUT2D eigenvalue weighted by Gasteiger charge is -2.29. The second-order valence-corrected chi connectivity index (χ2v) is 8.34. The number of carbonyl (C=O) groups excluding carboxylic acids is 2. The van der Waals surface area contributed by atoms with Gasteiger partial charge in [0, 0.05) is 43.6 Å². The van der Waals surface area contributed by atoms with Gasteiger partial charge in [-0.1, -0.05) is 18.2 Å². The number of nitrogens with zero attached hydrogens (tertiary/aromatic N) is 2. The van der Waals surface area contributed by atoms with Gasteiger partial charge in [-0.25, -0.2) is 0 Å². The quantitative estimate of drug-likeness (QED) is 0.590. The highest BCUT2D eigenvalue weighted by Gasteiger charge is 2.16. The molecule has 0 atom stereocenters. The molecule has 1 aliphatic heterocycles. The lowest BCUT2D eigenvalue weighted by Crippen LogP contribution is -2.29. The maximum atomic E-state index is 13.0. The Balaban J connectivity index is 1.41. The minimum atomic E-state index is -0.343. The van der Waals surface area contributed by atoms with Gasteiger partial charge in [-0.05, 0) is 73.7 Å². The highest BCUT2D eigenvalue weighted by Crippen LogP contribution is 2.22. The van der Waals surface area contributed by atoms with E-state index in [2.05, 4.69) is 34.5 Å². The second kappa shape index (κ2) is 9.73. The van der Waals surface area contributed by atoms with Crippen molar-refractivity contribution in [3.8, 4) is 0 Å². The Morgan fingerprint density at radius 1 is 1.03 bits per heavy atom. The van der Waals surface area contributed by atoms with Crippen LogP contribution in [0.1, 0.15) is 51.3 Å². The molecule has 166 valence electrons. The Morgan fingerprint density at radius 2 is 1.78 bits per heavy atom. The molecule has 1 fully saturated rings. The van der Waals surface area contributed by atoms with E-state index >= 15 is 0 Å². The molecule has 0 spiro atoms. The van der Waals surface area contributed by atoms with E-state index in [1.54, 1.807) is 36.2 Å². The molecule has 0 aliphatic carbocycles. The van der Waals surface area contributed by atoms with Gasteiger partial charge in [0.2, 0.25) is 0 Å². The number of hydrogen-bond donors (Lipinski definition) is 1. The largest absolute Gasteiger partial charge is 0.459 e. The van der Waals surface area contributed by atoms with Crippen molar-refractivity contribution in [2.24, 2.45) is 0 Å². The summed E-state index contributed by atoms with van der Waals surface area (Å²) in [6.45, 7) is 4.63. The SMILES string of the molecule is Cc1ccc(C(=O)N(C)Cc2ccc(N3CCCCC3)cc2)cc1NC(=O)c1ccco1. The summed E-state index contributed by atoms with van der Waals surface area (Å²) in [4.78, 5) is 29.5. The summed E-state index contributed by atoms with van der Waals surface area (Å²) in [5, 5.41) is 2.83. The minimum Gasteiger partial charge on any atom is -0.459 e. The smallest absolute Gasteiger partial charge is 0.291 e. The number of furan rings is 1. The zero-order chi connectivity index (χ0) is 22.5. The Hall–Kier alpha value is -3.54. The van der Waals surface area contributed by atoms with Gasteiger partial charge in [-0.3, -0.25) is 9.59 Å². The second-order valence-electron chi connectivity index (χ2n) is 8.34. The van der Waals surface area contributed by atoms with Crippen LogP contribution in [0, 0.1) is 6.92 Å². The normalized spacial score (nSPS) is 13.6. The van der Waals surface area contributed by atoms with Crippen LogP contribution in [0.15, 0.2) is 65.3 Å². The van der Waals surface area contributed by atoms with Crippen molar-refractivity contribution in [2.75, 3.05) is 30.4 Å². The first-order valence-corrected chi connectivity index (χ1v) is 11.1. The monoisotopic (exact) mass is 431 g/mol. The van der Waals surface area contributed by atoms with Crippen LogP contribution in [0.25, 0.3) is 0 Å². The molecule has 0 saturated carbocycles. The van der Waals surface area contributed by atoms with E-state index in [0.717, 1.165) is 24.2 Å². The molecular formula is C26H29N3O3. The van der Waals surface area contributed by atoms with Crippen LogP contribution in [-0.4, -0.2) is 36.9 Å². The number of carbonyl (C=O) groups is 2. The number of aryl methyl sites for hydroxylation is 1. The van der Waals surface area contributed by atoms with Crippen LogP contribution < -0.4 is 10.2 Å². The molecule has 1 aromatic heterocycles. The van der Waals surface area contributed by atoms with Gasteiger partial charge in [0.05, 0.1) is 6.26 Å². The first-order valence-electron chi connectivity index (χ1n) is 11.1. The maximum absolute atomic E-state index is 13.0. The van der Waals surface area contributed by atoms with Crippen molar-refractivity contribution in [1.29, 1.82) is 0 Å². The average molecular weight is 432 g/mol. The van der Waals surface area contributed by atoms with Crippen LogP contribution in [0.3, 0.4) is 0 Å². The fraction of sp³-hybridized carbons (Fsp3) is 0.308. The number of hydrogen-bond acceptors (Lipinski definition) is 4. The summed E-state index contributed by atoms with van der Waals surface area (Å²) in [5.41, 5.74) is 4.32. The average Bonchev–Trinajstić information content (AvgIpc) is 3.36. The van der Waals surface area contributed by atoms with Crippen molar-refractivity contribution in [3.63, 3.8) is 0 Å². The lowest BCUT2D eigenvalue weighted by molar-refractivity contribution is 0.0784. The van der Waals surface area contributed by atoms with Crippen LogP contribution in [-0.2, 0) is 6.54 Å². The van der Waals surface area contributed by atoms with E-state index in [0.29, 0.717) is 17.8 Å². The third-order valence-corrected chi connectivity index (χ3v) is 5.90. The van der Waals surface area contributed by atoms with Gasteiger partial charge >= 0.3 is 0 Å². The molecule has 32 heavy (non-hydrogen) atoms. The van der Waals surface area contributed by atoms with E-state index in [-0.39, 0.29) is 17.6 Å². The van der Waals surface area contributed by atoms with E-state index in [9.17, 15) is 9.59 Å². The zero-order valence-electron chi connectivity index (χ0n) is 18.6.